The Morgan fingerprint density at radius 3 is 2.38 bits per heavy atom. The number of rotatable bonds is 1. The molecule has 16 heavy (non-hydrogen) atoms. The van der Waals surface area contributed by atoms with Crippen LogP contribution in [0.2, 0.25) is 0 Å². The van der Waals surface area contributed by atoms with Gasteiger partial charge in [0.25, 0.3) is 0 Å². The molecule has 0 spiro atoms. The maximum absolute atomic E-state index is 10.9. The highest BCUT2D eigenvalue weighted by Crippen LogP contribution is 2.38. The van der Waals surface area contributed by atoms with Crippen LogP contribution in [0, 0.1) is 6.92 Å². The lowest BCUT2D eigenvalue weighted by Gasteiger charge is -1.93. The number of nitrogens with two attached hydrogens (primary N) is 1. The first-order valence-corrected chi connectivity index (χ1v) is 7.56. The number of fused-ring (bicyclic) bond motifs is 1. The van der Waals surface area contributed by atoms with E-state index in [0.29, 0.717) is 20.8 Å². The molecule has 0 aliphatic heterocycles. The molecule has 0 unspecified atom stereocenters. The maximum Gasteiger partial charge on any atom is 0.304 e. The van der Waals surface area contributed by atoms with E-state index in [4.69, 9.17) is 10.3 Å². The molecule has 0 saturated heterocycles. The Morgan fingerprint density at radius 2 is 1.94 bits per heavy atom. The maximum atomic E-state index is 10.9. The number of hydrogen-bond donors (Lipinski definition) is 2. The second kappa shape index (κ2) is 4.66. The van der Waals surface area contributed by atoms with Crippen molar-refractivity contribution in [1.29, 1.82) is 0 Å². The van der Waals surface area contributed by atoms with Gasteiger partial charge in [-0.2, -0.15) is 12.8 Å². The minimum atomic E-state index is -4.15. The molecule has 0 amide bonds. The van der Waals surface area contributed by atoms with Gasteiger partial charge in [0.15, 0.2) is 4.21 Å². The van der Waals surface area contributed by atoms with Crippen LogP contribution in [0.1, 0.15) is 19.4 Å². The van der Waals surface area contributed by atoms with E-state index < -0.39 is 10.1 Å². The molecule has 2 aromatic rings. The third-order valence-electron chi connectivity index (χ3n) is 1.79. The summed E-state index contributed by atoms with van der Waals surface area (Å²) in [4.78, 5) is 0.553. The van der Waals surface area contributed by atoms with Gasteiger partial charge < -0.3 is 5.73 Å². The number of nitrogens with zero attached hydrogens (tertiary/aromatic N) is 1. The first kappa shape index (κ1) is 13.4. The SMILES string of the molecule is CC.Cc1c(S(=O)(=O)O)sc2nsc(N)c12. The van der Waals surface area contributed by atoms with Gasteiger partial charge in [0.1, 0.15) is 9.83 Å². The topological polar surface area (TPSA) is 93.3 Å². The quantitative estimate of drug-likeness (QED) is 0.783. The zero-order valence-electron chi connectivity index (χ0n) is 9.01. The Labute approximate surface area is 102 Å². The van der Waals surface area contributed by atoms with Crippen LogP contribution in [0.5, 0.6) is 0 Å². The molecule has 5 nitrogen and oxygen atoms in total. The Kier molecular flexibility index (Phi) is 3.89. The van der Waals surface area contributed by atoms with Gasteiger partial charge in [-0.15, -0.1) is 0 Å². The van der Waals surface area contributed by atoms with Crippen LogP contribution in [-0.4, -0.2) is 17.3 Å². The van der Waals surface area contributed by atoms with Crippen molar-refractivity contribution in [3.05, 3.63) is 5.56 Å². The van der Waals surface area contributed by atoms with Crippen molar-refractivity contribution in [3.63, 3.8) is 0 Å². The predicted molar refractivity (Wildman–Crippen MR) is 67.8 cm³/mol. The van der Waals surface area contributed by atoms with Crippen LogP contribution in [0.4, 0.5) is 5.00 Å². The molecule has 0 aromatic carbocycles. The number of aryl methyl sites for hydroxylation is 1. The molecule has 0 aliphatic rings. The third-order valence-corrected chi connectivity index (χ3v) is 5.22. The van der Waals surface area contributed by atoms with Crippen LogP contribution in [0.15, 0.2) is 4.21 Å². The van der Waals surface area contributed by atoms with Crippen molar-refractivity contribution < 1.29 is 13.0 Å². The molecular weight excluding hydrogens is 268 g/mol. The minimum absolute atomic E-state index is 0.0745. The van der Waals surface area contributed by atoms with Crippen LogP contribution < -0.4 is 5.73 Å². The van der Waals surface area contributed by atoms with E-state index in [-0.39, 0.29) is 4.21 Å². The van der Waals surface area contributed by atoms with Gasteiger partial charge in [-0.1, -0.05) is 25.2 Å². The predicted octanol–water partition coefficient (Wildman–Crippen LogP) is 2.52. The Balaban J connectivity index is 0.000000606. The number of nitrogen functional groups attached to an aromatic ring is 1. The Morgan fingerprint density at radius 1 is 1.38 bits per heavy atom. The largest absolute Gasteiger partial charge is 0.389 e. The molecule has 2 aromatic heterocycles. The highest BCUT2D eigenvalue weighted by molar-refractivity contribution is 7.88. The van der Waals surface area contributed by atoms with E-state index in [2.05, 4.69) is 4.37 Å². The van der Waals surface area contributed by atoms with Crippen molar-refractivity contribution in [1.82, 2.24) is 4.37 Å². The molecule has 0 fully saturated rings. The zero-order valence-corrected chi connectivity index (χ0v) is 11.5. The second-order valence-corrected chi connectivity index (χ2v) is 6.14. The molecular formula is C8H12N2O3S3. The van der Waals surface area contributed by atoms with Gasteiger partial charge in [-0.25, -0.2) is 0 Å². The van der Waals surface area contributed by atoms with Gasteiger partial charge in [-0.3, -0.25) is 4.55 Å². The van der Waals surface area contributed by atoms with E-state index in [1.807, 2.05) is 13.8 Å². The summed E-state index contributed by atoms with van der Waals surface area (Å²) in [5, 5.41) is 1.11. The summed E-state index contributed by atoms with van der Waals surface area (Å²) in [6, 6.07) is 0. The fourth-order valence-electron chi connectivity index (χ4n) is 1.21. The zero-order chi connectivity index (χ0) is 12.5. The molecule has 0 saturated carbocycles. The van der Waals surface area contributed by atoms with Crippen molar-refractivity contribution in [2.45, 2.75) is 25.0 Å². The second-order valence-electron chi connectivity index (χ2n) is 2.72. The molecule has 0 bridgehead atoms. The number of aromatic nitrogens is 1. The highest BCUT2D eigenvalue weighted by Gasteiger charge is 2.22. The average molecular weight is 280 g/mol. The Hall–Kier alpha value is -0.700. The van der Waals surface area contributed by atoms with Crippen LogP contribution in [0.3, 0.4) is 0 Å². The standard InChI is InChI=1S/C6H6N2O3S3.C2H6/c1-2-3-4(7)13-8-5(3)12-6(2)14(9,10)11;1-2/h7H2,1H3,(H,9,10,11);1-2H3. The molecule has 90 valence electrons. The van der Waals surface area contributed by atoms with Crippen molar-refractivity contribution >= 4 is 48.2 Å². The molecule has 2 rings (SSSR count). The lowest BCUT2D eigenvalue weighted by Crippen LogP contribution is -1.96. The number of thiophene rings is 1. The lowest BCUT2D eigenvalue weighted by atomic mass is 10.3. The van der Waals surface area contributed by atoms with Gasteiger partial charge in [0.2, 0.25) is 0 Å². The number of anilines is 1. The van der Waals surface area contributed by atoms with E-state index in [9.17, 15) is 8.42 Å². The first-order valence-electron chi connectivity index (χ1n) is 4.53. The number of hydrogen-bond acceptors (Lipinski definition) is 6. The molecule has 2 heterocycles. The van der Waals surface area contributed by atoms with E-state index in [0.717, 1.165) is 22.9 Å². The lowest BCUT2D eigenvalue weighted by molar-refractivity contribution is 0.485. The van der Waals surface area contributed by atoms with Gasteiger partial charge in [0.05, 0.1) is 5.39 Å². The summed E-state index contributed by atoms with van der Waals surface area (Å²) in [6.07, 6.45) is 0. The summed E-state index contributed by atoms with van der Waals surface area (Å²) in [5.41, 5.74) is 6.09. The van der Waals surface area contributed by atoms with Crippen LogP contribution in [0.25, 0.3) is 10.2 Å². The minimum Gasteiger partial charge on any atom is -0.389 e. The summed E-state index contributed by atoms with van der Waals surface area (Å²) < 4.78 is 34.7. The molecule has 3 N–H and O–H groups in total. The van der Waals surface area contributed by atoms with Gasteiger partial charge in [0, 0.05) is 0 Å². The summed E-state index contributed by atoms with van der Waals surface area (Å²) in [5.74, 6) is 0. The van der Waals surface area contributed by atoms with Crippen molar-refractivity contribution in [3.8, 4) is 0 Å². The third kappa shape index (κ3) is 2.19. The highest BCUT2D eigenvalue weighted by atomic mass is 32.3. The fraction of sp³-hybridized carbons (Fsp3) is 0.375. The Bertz CT molecular complexity index is 597. The van der Waals surface area contributed by atoms with Gasteiger partial charge >= 0.3 is 10.1 Å². The average Bonchev–Trinajstić information content (AvgIpc) is 2.71. The fourth-order valence-corrected chi connectivity index (χ4v) is 4.10. The summed E-state index contributed by atoms with van der Waals surface area (Å²) >= 11 is 2.05. The van der Waals surface area contributed by atoms with Crippen LogP contribution >= 0.6 is 22.9 Å². The molecule has 0 radical (unpaired) electrons. The summed E-state index contributed by atoms with van der Waals surface area (Å²) in [6.45, 7) is 5.60. The summed E-state index contributed by atoms with van der Waals surface area (Å²) in [7, 11) is -4.15. The van der Waals surface area contributed by atoms with E-state index in [1.54, 1.807) is 6.92 Å². The van der Waals surface area contributed by atoms with Crippen molar-refractivity contribution in [2.75, 3.05) is 5.73 Å². The molecule has 0 atom stereocenters. The molecule has 0 aliphatic carbocycles. The van der Waals surface area contributed by atoms with Crippen molar-refractivity contribution in [2.24, 2.45) is 0 Å². The van der Waals surface area contributed by atoms with E-state index in [1.165, 1.54) is 0 Å². The normalized spacial score (nSPS) is 11.2. The van der Waals surface area contributed by atoms with Gasteiger partial charge in [-0.05, 0) is 24.0 Å². The van der Waals surface area contributed by atoms with Crippen LogP contribution in [-0.2, 0) is 10.1 Å². The monoisotopic (exact) mass is 280 g/mol. The smallest absolute Gasteiger partial charge is 0.304 e. The molecule has 8 heteroatoms. The first-order chi connectivity index (χ1) is 7.41. The van der Waals surface area contributed by atoms with E-state index >= 15 is 0 Å².